The van der Waals surface area contributed by atoms with E-state index in [2.05, 4.69) is 16.4 Å². The maximum Gasteiger partial charge on any atom is 0.323 e. The maximum absolute atomic E-state index is 12.7. The molecule has 0 bridgehead atoms. The molecule has 1 N–H and O–H groups in total. The van der Waals surface area contributed by atoms with E-state index in [0.717, 1.165) is 20.7 Å². The van der Waals surface area contributed by atoms with Crippen LogP contribution in [0.15, 0.2) is 36.4 Å². The number of amides is 2. The predicted molar refractivity (Wildman–Crippen MR) is 118 cm³/mol. The van der Waals surface area contributed by atoms with Crippen LogP contribution >= 0.6 is 11.3 Å². The number of thiazole rings is 1. The summed E-state index contributed by atoms with van der Waals surface area (Å²) in [4.78, 5) is 19.8. The number of nitrogens with zero attached hydrogens (tertiary/aromatic N) is 4. The van der Waals surface area contributed by atoms with Gasteiger partial charge in [0.1, 0.15) is 0 Å². The van der Waals surface area contributed by atoms with Crippen molar-refractivity contribution in [3.8, 4) is 27.8 Å². The molecule has 0 radical (unpaired) electrons. The average molecular weight is 436 g/mol. The highest BCUT2D eigenvalue weighted by Gasteiger charge is 2.22. The number of carbonyl (C=O) groups is 1. The first-order chi connectivity index (χ1) is 15.0. The zero-order valence-corrected chi connectivity index (χ0v) is 18.0. The lowest BCUT2D eigenvalue weighted by molar-refractivity contribution is -0.619. The number of hydrogen-bond donors (Lipinski definition) is 1. The van der Waals surface area contributed by atoms with Crippen molar-refractivity contribution < 1.29 is 14.3 Å². The Balaban J connectivity index is 1.76. The van der Waals surface area contributed by atoms with Crippen LogP contribution in [-0.2, 0) is 4.74 Å². The molecule has 1 fully saturated rings. The zero-order valence-electron chi connectivity index (χ0n) is 17.2. The van der Waals surface area contributed by atoms with Crippen LogP contribution in [0.3, 0.4) is 0 Å². The van der Waals surface area contributed by atoms with Gasteiger partial charge in [-0.2, -0.15) is 9.99 Å². The van der Waals surface area contributed by atoms with Gasteiger partial charge < -0.3 is 14.8 Å². The fourth-order valence-corrected chi connectivity index (χ4v) is 4.42. The lowest BCUT2D eigenvalue weighted by Crippen LogP contribution is -2.43. The Morgan fingerprint density at radius 3 is 2.61 bits per heavy atom. The molecule has 0 aliphatic carbocycles. The molecule has 0 atom stereocenters. The third kappa shape index (κ3) is 4.35. The number of pyridine rings is 1. The van der Waals surface area contributed by atoms with Gasteiger partial charge in [0.05, 0.1) is 35.4 Å². The van der Waals surface area contributed by atoms with Crippen molar-refractivity contribution in [1.29, 1.82) is 5.26 Å². The summed E-state index contributed by atoms with van der Waals surface area (Å²) < 4.78 is 6.18. The molecular weight excluding hydrogens is 414 g/mol. The van der Waals surface area contributed by atoms with Crippen LogP contribution < -0.4 is 10.0 Å². The van der Waals surface area contributed by atoms with E-state index in [0.29, 0.717) is 54.1 Å². The number of hydrogen-bond acceptors (Lipinski definition) is 6. The molecule has 9 heteroatoms. The topological polar surface area (TPSA) is 105 Å². The first-order valence-corrected chi connectivity index (χ1v) is 10.6. The number of rotatable bonds is 3. The molecular formula is C22H21N5O3S. The van der Waals surface area contributed by atoms with Crippen molar-refractivity contribution in [3.05, 3.63) is 58.6 Å². The number of aromatic nitrogens is 2. The number of benzene rings is 1. The van der Waals surface area contributed by atoms with Crippen LogP contribution in [0.5, 0.6) is 0 Å². The molecule has 3 aromatic rings. The van der Waals surface area contributed by atoms with Crippen LogP contribution in [0.1, 0.15) is 17.0 Å². The minimum atomic E-state index is -0.223. The summed E-state index contributed by atoms with van der Waals surface area (Å²) in [6.07, 6.45) is 0. The van der Waals surface area contributed by atoms with Gasteiger partial charge in [0.15, 0.2) is 16.5 Å². The summed E-state index contributed by atoms with van der Waals surface area (Å²) in [6.45, 7) is 5.59. The number of morpholine rings is 1. The molecule has 2 aromatic heterocycles. The Hall–Kier alpha value is -3.48. The number of anilines is 1. The molecule has 158 valence electrons. The van der Waals surface area contributed by atoms with E-state index >= 15 is 0 Å². The molecule has 0 saturated carbocycles. The normalized spacial score (nSPS) is 13.6. The van der Waals surface area contributed by atoms with E-state index in [1.165, 1.54) is 11.3 Å². The zero-order chi connectivity index (χ0) is 22.0. The summed E-state index contributed by atoms with van der Waals surface area (Å²) >= 11 is 1.34. The highest BCUT2D eigenvalue weighted by molar-refractivity contribution is 7.19. The van der Waals surface area contributed by atoms with E-state index in [9.17, 15) is 15.3 Å². The maximum atomic E-state index is 12.7. The predicted octanol–water partition coefficient (Wildman–Crippen LogP) is 3.46. The van der Waals surface area contributed by atoms with Crippen molar-refractivity contribution in [3.63, 3.8) is 0 Å². The first kappa shape index (κ1) is 20.8. The average Bonchev–Trinajstić information content (AvgIpc) is 3.21. The van der Waals surface area contributed by atoms with Gasteiger partial charge in [-0.25, -0.2) is 9.78 Å². The number of carbonyl (C=O) groups excluding carboxylic acids is 1. The molecule has 1 saturated heterocycles. The van der Waals surface area contributed by atoms with Crippen LogP contribution in [0.2, 0.25) is 0 Å². The van der Waals surface area contributed by atoms with Gasteiger partial charge in [-0.15, -0.1) is 0 Å². The molecule has 0 unspecified atom stereocenters. The van der Waals surface area contributed by atoms with Crippen LogP contribution in [0, 0.1) is 30.4 Å². The standard InChI is InChI=1S/C22H21N5O3S/c1-14-10-18(11-15(2)27(14)29)20-19(17-5-3-4-16(12-17)13-23)24-21(31-20)25-22(28)26-6-8-30-9-7-26/h3-5,10-12H,6-9H2,1-2H3,(H,24,25,28). The van der Waals surface area contributed by atoms with E-state index in [-0.39, 0.29) is 6.03 Å². The van der Waals surface area contributed by atoms with Crippen molar-refractivity contribution in [2.75, 3.05) is 31.6 Å². The molecule has 8 nitrogen and oxygen atoms in total. The fourth-order valence-electron chi connectivity index (χ4n) is 3.46. The van der Waals surface area contributed by atoms with E-state index in [1.807, 2.05) is 6.07 Å². The Morgan fingerprint density at radius 2 is 1.94 bits per heavy atom. The van der Waals surface area contributed by atoms with Crippen molar-refractivity contribution >= 4 is 22.5 Å². The van der Waals surface area contributed by atoms with E-state index in [1.54, 1.807) is 49.1 Å². The van der Waals surface area contributed by atoms with Gasteiger partial charge in [-0.1, -0.05) is 23.5 Å². The number of nitrogens with one attached hydrogen (secondary N) is 1. The van der Waals surface area contributed by atoms with Crippen LogP contribution in [0.4, 0.5) is 9.93 Å². The summed E-state index contributed by atoms with van der Waals surface area (Å²) in [5, 5.41) is 24.7. The van der Waals surface area contributed by atoms with Crippen LogP contribution in [-0.4, -0.2) is 42.2 Å². The second-order valence-corrected chi connectivity index (χ2v) is 8.24. The van der Waals surface area contributed by atoms with Gasteiger partial charge >= 0.3 is 6.03 Å². The molecule has 1 aromatic carbocycles. The van der Waals surface area contributed by atoms with Crippen LogP contribution in [0.25, 0.3) is 21.7 Å². The number of nitriles is 1. The molecule has 31 heavy (non-hydrogen) atoms. The second kappa shape index (κ2) is 8.71. The van der Waals surface area contributed by atoms with Gasteiger partial charge in [0.2, 0.25) is 0 Å². The van der Waals surface area contributed by atoms with E-state index in [4.69, 9.17) is 4.74 Å². The lowest BCUT2D eigenvalue weighted by Gasteiger charge is -2.26. The lowest BCUT2D eigenvalue weighted by atomic mass is 10.0. The molecule has 3 heterocycles. The SMILES string of the molecule is Cc1cc(-c2sc(NC(=O)N3CCOCC3)nc2-c2cccc(C#N)c2)cc(C)[n+]1[O-]. The summed E-state index contributed by atoms with van der Waals surface area (Å²) in [7, 11) is 0. The molecule has 2 amide bonds. The monoisotopic (exact) mass is 435 g/mol. The number of ether oxygens (including phenoxy) is 1. The summed E-state index contributed by atoms with van der Waals surface area (Å²) in [5.74, 6) is 0. The molecule has 0 spiro atoms. The minimum absolute atomic E-state index is 0.223. The Kier molecular flexibility index (Phi) is 5.84. The van der Waals surface area contributed by atoms with E-state index < -0.39 is 0 Å². The van der Waals surface area contributed by atoms with Gasteiger partial charge in [0, 0.05) is 50.2 Å². The largest absolute Gasteiger partial charge is 0.618 e. The van der Waals surface area contributed by atoms with Gasteiger partial charge in [-0.05, 0) is 12.1 Å². The molecule has 1 aliphatic rings. The third-order valence-electron chi connectivity index (χ3n) is 5.04. The Morgan fingerprint density at radius 1 is 1.23 bits per heavy atom. The summed E-state index contributed by atoms with van der Waals surface area (Å²) in [6, 6.07) is 12.7. The van der Waals surface area contributed by atoms with Crippen molar-refractivity contribution in [2.45, 2.75) is 13.8 Å². The van der Waals surface area contributed by atoms with Gasteiger partial charge in [0.25, 0.3) is 0 Å². The minimum Gasteiger partial charge on any atom is -0.618 e. The first-order valence-electron chi connectivity index (χ1n) is 9.82. The smallest absolute Gasteiger partial charge is 0.323 e. The second-order valence-electron chi connectivity index (χ2n) is 7.24. The van der Waals surface area contributed by atoms with Gasteiger partial charge in [-0.3, -0.25) is 5.32 Å². The highest BCUT2D eigenvalue weighted by atomic mass is 32.1. The number of aryl methyl sites for hydroxylation is 2. The third-order valence-corrected chi connectivity index (χ3v) is 6.06. The number of urea groups is 1. The Bertz CT molecular complexity index is 1160. The Labute approximate surface area is 183 Å². The quantitative estimate of drug-likeness (QED) is 0.501. The summed E-state index contributed by atoms with van der Waals surface area (Å²) in [5.41, 5.74) is 3.92. The molecule has 1 aliphatic heterocycles. The fraction of sp³-hybridized carbons (Fsp3) is 0.273. The van der Waals surface area contributed by atoms with Crippen molar-refractivity contribution in [1.82, 2.24) is 9.88 Å². The van der Waals surface area contributed by atoms with Crippen molar-refractivity contribution in [2.24, 2.45) is 0 Å². The highest BCUT2D eigenvalue weighted by Crippen LogP contribution is 2.39. The molecule has 4 rings (SSSR count).